The van der Waals surface area contributed by atoms with Crippen LogP contribution in [0.4, 0.5) is 4.79 Å². The zero-order valence-corrected chi connectivity index (χ0v) is 20.6. The van der Waals surface area contributed by atoms with Crippen molar-refractivity contribution in [3.05, 3.63) is 53.6 Å². The summed E-state index contributed by atoms with van der Waals surface area (Å²) in [6.45, 7) is 2.21. The van der Waals surface area contributed by atoms with Gasteiger partial charge in [0.1, 0.15) is 23.7 Å². The topological polar surface area (TPSA) is 133 Å². The highest BCUT2D eigenvalue weighted by Crippen LogP contribution is 2.30. The Hall–Kier alpha value is -4.02. The highest BCUT2D eigenvalue weighted by Gasteiger charge is 2.28. The number of nitrogens with zero attached hydrogens (tertiary/aromatic N) is 6. The molecular weight excluding hydrogens is 464 g/mol. The Morgan fingerprint density at radius 3 is 2.69 bits per heavy atom. The van der Waals surface area contributed by atoms with Gasteiger partial charge in [0.15, 0.2) is 0 Å². The Bertz CT molecular complexity index is 1210. The predicted molar refractivity (Wildman–Crippen MR) is 129 cm³/mol. The van der Waals surface area contributed by atoms with Crippen LogP contribution < -0.4 is 4.74 Å². The van der Waals surface area contributed by atoms with E-state index in [9.17, 15) is 14.7 Å². The van der Waals surface area contributed by atoms with Crippen LogP contribution in [0.3, 0.4) is 0 Å². The lowest BCUT2D eigenvalue weighted by Crippen LogP contribution is -2.29. The molecule has 1 amide bonds. The summed E-state index contributed by atoms with van der Waals surface area (Å²) in [6.07, 6.45) is 5.55. The minimum atomic E-state index is -0.770. The number of carbonyl (C=O) groups excluding carboxylic acids is 1. The van der Waals surface area contributed by atoms with E-state index < -0.39 is 12.1 Å². The Balaban J connectivity index is 1.41. The summed E-state index contributed by atoms with van der Waals surface area (Å²) in [4.78, 5) is 34.0. The summed E-state index contributed by atoms with van der Waals surface area (Å²) in [5, 5.41) is 17.6. The number of hydrogen-bond acceptors (Lipinski definition) is 8. The number of hydrogen-bond donors (Lipinski definition) is 1. The summed E-state index contributed by atoms with van der Waals surface area (Å²) < 4.78 is 13.2. The zero-order valence-electron chi connectivity index (χ0n) is 20.6. The highest BCUT2D eigenvalue weighted by atomic mass is 16.6. The van der Waals surface area contributed by atoms with Crippen LogP contribution in [-0.2, 0) is 29.7 Å². The molecule has 3 aromatic heterocycles. The lowest BCUT2D eigenvalue weighted by molar-refractivity contribution is -0.143. The molecule has 0 aromatic carbocycles. The summed E-state index contributed by atoms with van der Waals surface area (Å²) in [7, 11) is 3.40. The van der Waals surface area contributed by atoms with Crippen molar-refractivity contribution in [2.75, 3.05) is 7.05 Å². The number of rotatable bonds is 8. The Labute approximate surface area is 209 Å². The van der Waals surface area contributed by atoms with Gasteiger partial charge in [0.25, 0.3) is 0 Å². The fourth-order valence-corrected chi connectivity index (χ4v) is 4.27. The van der Waals surface area contributed by atoms with Crippen LogP contribution in [0.5, 0.6) is 5.75 Å². The van der Waals surface area contributed by atoms with Gasteiger partial charge in [-0.15, -0.1) is 5.10 Å². The molecule has 0 saturated heterocycles. The molecule has 11 heteroatoms. The fraction of sp³-hybridized carbons (Fsp3) is 0.440. The molecule has 0 spiro atoms. The molecule has 4 rings (SSSR count). The summed E-state index contributed by atoms with van der Waals surface area (Å²) in [5.74, 6) is -0.526. The van der Waals surface area contributed by atoms with Crippen LogP contribution in [0, 0.1) is 12.8 Å². The van der Waals surface area contributed by atoms with Crippen molar-refractivity contribution in [2.24, 2.45) is 13.0 Å². The molecule has 1 aliphatic carbocycles. The van der Waals surface area contributed by atoms with Crippen LogP contribution in [0.25, 0.3) is 11.4 Å². The van der Waals surface area contributed by atoms with E-state index in [1.165, 1.54) is 4.90 Å². The van der Waals surface area contributed by atoms with Gasteiger partial charge in [-0.3, -0.25) is 9.78 Å². The molecule has 0 radical (unpaired) electrons. The van der Waals surface area contributed by atoms with Crippen LogP contribution in [0.2, 0.25) is 0 Å². The largest absolute Gasteiger partial charge is 0.489 e. The molecule has 0 aliphatic heterocycles. The van der Waals surface area contributed by atoms with Crippen molar-refractivity contribution in [1.82, 2.24) is 29.9 Å². The number of aromatic nitrogens is 5. The van der Waals surface area contributed by atoms with Gasteiger partial charge >= 0.3 is 12.1 Å². The first kappa shape index (κ1) is 25.1. The predicted octanol–water partition coefficient (Wildman–Crippen LogP) is 3.37. The lowest BCUT2D eigenvalue weighted by atomic mass is 9.87. The molecule has 1 N–H and O–H groups in total. The third-order valence-electron chi connectivity index (χ3n) is 6.30. The van der Waals surface area contributed by atoms with Crippen LogP contribution in [-0.4, -0.2) is 60.2 Å². The molecule has 1 saturated carbocycles. The first-order valence-electron chi connectivity index (χ1n) is 11.8. The average molecular weight is 495 g/mol. The molecule has 1 aliphatic rings. The van der Waals surface area contributed by atoms with Crippen molar-refractivity contribution in [3.8, 4) is 17.1 Å². The number of aryl methyl sites for hydroxylation is 2. The molecule has 0 unspecified atom stereocenters. The van der Waals surface area contributed by atoms with Gasteiger partial charge in [-0.1, -0.05) is 5.21 Å². The monoisotopic (exact) mass is 494 g/mol. The standard InChI is InChI=1S/C25H30N6O5/c1-16-22(36-19-6-4-5-18(13-19)24(32)33)8-7-20(27-16)23-21(31(3)29-28-23)15-35-25(34)30(2)14-17-9-11-26-12-10-17/h7-12,18-19H,4-6,13-15H2,1-3H3,(H,32,33)/t18-,19-/m0/s1. The molecule has 1 fully saturated rings. The molecule has 3 aromatic rings. The third kappa shape index (κ3) is 5.96. The van der Waals surface area contributed by atoms with Gasteiger partial charge in [0, 0.05) is 33.0 Å². The molecule has 2 atom stereocenters. The van der Waals surface area contributed by atoms with Crippen molar-refractivity contribution >= 4 is 12.1 Å². The van der Waals surface area contributed by atoms with Gasteiger partial charge in [0.2, 0.25) is 0 Å². The Kier molecular flexibility index (Phi) is 7.77. The second-order valence-electron chi connectivity index (χ2n) is 9.00. The van der Waals surface area contributed by atoms with E-state index in [0.717, 1.165) is 18.4 Å². The number of amides is 1. The van der Waals surface area contributed by atoms with Crippen molar-refractivity contribution in [2.45, 2.75) is 51.9 Å². The molecular formula is C25H30N6O5. The number of carboxylic acids is 1. The van der Waals surface area contributed by atoms with Gasteiger partial charge in [-0.05, 0) is 62.4 Å². The highest BCUT2D eigenvalue weighted by molar-refractivity contribution is 5.70. The van der Waals surface area contributed by atoms with Gasteiger partial charge < -0.3 is 19.5 Å². The summed E-state index contributed by atoms with van der Waals surface area (Å²) >= 11 is 0. The van der Waals surface area contributed by atoms with E-state index in [1.54, 1.807) is 37.2 Å². The summed E-state index contributed by atoms with van der Waals surface area (Å²) in [6, 6.07) is 7.28. The van der Waals surface area contributed by atoms with Crippen LogP contribution in [0.1, 0.15) is 42.6 Å². The first-order valence-corrected chi connectivity index (χ1v) is 11.8. The summed E-state index contributed by atoms with van der Waals surface area (Å²) in [5.41, 5.74) is 3.31. The molecule has 190 valence electrons. The van der Waals surface area contributed by atoms with Gasteiger partial charge in [-0.25, -0.2) is 14.5 Å². The van der Waals surface area contributed by atoms with Crippen molar-refractivity contribution in [3.63, 3.8) is 0 Å². The maximum Gasteiger partial charge on any atom is 0.410 e. The second kappa shape index (κ2) is 11.1. The minimum absolute atomic E-state index is 0.0179. The van der Waals surface area contributed by atoms with E-state index in [-0.39, 0.29) is 18.6 Å². The Morgan fingerprint density at radius 1 is 1.19 bits per heavy atom. The third-order valence-corrected chi connectivity index (χ3v) is 6.30. The molecule has 36 heavy (non-hydrogen) atoms. The maximum atomic E-state index is 12.5. The molecule has 0 bridgehead atoms. The van der Waals surface area contributed by atoms with E-state index in [4.69, 9.17) is 9.47 Å². The van der Waals surface area contributed by atoms with E-state index in [2.05, 4.69) is 20.3 Å². The van der Waals surface area contributed by atoms with Crippen molar-refractivity contribution in [1.29, 1.82) is 0 Å². The number of carbonyl (C=O) groups is 2. The molecule has 11 nitrogen and oxygen atoms in total. The number of aliphatic carboxylic acids is 1. The van der Waals surface area contributed by atoms with Crippen LogP contribution >= 0.6 is 0 Å². The smallest absolute Gasteiger partial charge is 0.410 e. The Morgan fingerprint density at radius 2 is 1.97 bits per heavy atom. The SMILES string of the molecule is Cc1nc(-c2nnn(C)c2COC(=O)N(C)Cc2ccncc2)ccc1O[C@H]1CCC[C@H](C(=O)O)C1. The fourth-order valence-electron chi connectivity index (χ4n) is 4.27. The average Bonchev–Trinajstić information content (AvgIpc) is 3.24. The van der Waals surface area contributed by atoms with E-state index >= 15 is 0 Å². The van der Waals surface area contributed by atoms with Crippen molar-refractivity contribution < 1.29 is 24.2 Å². The van der Waals surface area contributed by atoms with Gasteiger partial charge in [0.05, 0.1) is 23.4 Å². The van der Waals surface area contributed by atoms with Gasteiger partial charge in [-0.2, -0.15) is 0 Å². The normalized spacial score (nSPS) is 17.4. The molecule has 3 heterocycles. The minimum Gasteiger partial charge on any atom is -0.489 e. The number of carboxylic acid groups (broad SMARTS) is 1. The van der Waals surface area contributed by atoms with Crippen LogP contribution in [0.15, 0.2) is 36.7 Å². The first-order chi connectivity index (χ1) is 17.3. The number of pyridine rings is 2. The number of ether oxygens (including phenoxy) is 2. The lowest BCUT2D eigenvalue weighted by Gasteiger charge is -2.27. The quantitative estimate of drug-likeness (QED) is 0.500. The second-order valence-corrected chi connectivity index (χ2v) is 9.00. The van der Waals surface area contributed by atoms with E-state index in [0.29, 0.717) is 47.9 Å². The van der Waals surface area contributed by atoms with E-state index in [1.807, 2.05) is 25.1 Å². The zero-order chi connectivity index (χ0) is 25.7. The maximum absolute atomic E-state index is 12.5.